The molecule has 0 aromatic rings. The molecule has 140 valence electrons. The minimum absolute atomic E-state index is 0.208. The van der Waals surface area contributed by atoms with E-state index < -0.39 is 26.2 Å². The lowest BCUT2D eigenvalue weighted by atomic mass is 10.00. The lowest BCUT2D eigenvalue weighted by Crippen LogP contribution is -2.40. The molecule has 5 nitrogen and oxygen atoms in total. The summed E-state index contributed by atoms with van der Waals surface area (Å²) in [4.78, 5) is 23.3. The fourth-order valence-corrected chi connectivity index (χ4v) is 2.99. The van der Waals surface area contributed by atoms with Crippen LogP contribution in [0.1, 0.15) is 47.0 Å². The Hall–Kier alpha value is -1.14. The van der Waals surface area contributed by atoms with Crippen LogP contribution in [0.2, 0.25) is 18.1 Å². The molecule has 0 bridgehead atoms. The second-order valence-electron chi connectivity index (χ2n) is 7.59. The van der Waals surface area contributed by atoms with Crippen LogP contribution in [-0.4, -0.2) is 41.1 Å². The van der Waals surface area contributed by atoms with Crippen molar-refractivity contribution in [1.29, 1.82) is 0 Å². The lowest BCUT2D eigenvalue weighted by Gasteiger charge is -2.36. The zero-order valence-corrected chi connectivity index (χ0v) is 17.5. The SMILES string of the molecule is COC(=O)C(CCC(C)=CCCO[Si](C)(C)C(C)(C)C)C(=O)OC. The third-order valence-corrected chi connectivity index (χ3v) is 9.22. The van der Waals surface area contributed by atoms with Gasteiger partial charge in [0.15, 0.2) is 14.2 Å². The highest BCUT2D eigenvalue weighted by molar-refractivity contribution is 6.74. The number of esters is 2. The van der Waals surface area contributed by atoms with Crippen molar-refractivity contribution in [2.24, 2.45) is 5.92 Å². The van der Waals surface area contributed by atoms with Crippen LogP contribution in [0.3, 0.4) is 0 Å². The summed E-state index contributed by atoms with van der Waals surface area (Å²) in [5.41, 5.74) is 1.13. The summed E-state index contributed by atoms with van der Waals surface area (Å²) < 4.78 is 15.4. The maximum absolute atomic E-state index is 11.6. The van der Waals surface area contributed by atoms with E-state index in [1.54, 1.807) is 0 Å². The van der Waals surface area contributed by atoms with Gasteiger partial charge in [-0.25, -0.2) is 0 Å². The van der Waals surface area contributed by atoms with Gasteiger partial charge < -0.3 is 13.9 Å². The maximum atomic E-state index is 11.6. The standard InChI is InChI=1S/C18H34O5Si/c1-14(10-9-13-23-24(7,8)18(2,3)4)11-12-15(16(19)21-5)17(20)22-6/h10,15H,9,11-13H2,1-8H3. The van der Waals surface area contributed by atoms with Crippen LogP contribution in [-0.2, 0) is 23.5 Å². The highest BCUT2D eigenvalue weighted by Gasteiger charge is 2.36. The zero-order valence-electron chi connectivity index (χ0n) is 16.5. The summed E-state index contributed by atoms with van der Waals surface area (Å²) >= 11 is 0. The Kier molecular flexibility index (Phi) is 9.51. The minimum atomic E-state index is -1.70. The second-order valence-corrected chi connectivity index (χ2v) is 12.4. The smallest absolute Gasteiger partial charge is 0.320 e. The Morgan fingerprint density at radius 3 is 2.00 bits per heavy atom. The van der Waals surface area contributed by atoms with Crippen molar-refractivity contribution in [3.63, 3.8) is 0 Å². The van der Waals surface area contributed by atoms with Gasteiger partial charge in [0.05, 0.1) is 14.2 Å². The van der Waals surface area contributed by atoms with Crippen LogP contribution >= 0.6 is 0 Å². The quantitative estimate of drug-likeness (QED) is 0.204. The molecule has 0 aromatic carbocycles. The molecular weight excluding hydrogens is 324 g/mol. The normalized spacial score (nSPS) is 13.1. The van der Waals surface area contributed by atoms with E-state index in [2.05, 4.69) is 49.4 Å². The molecule has 0 fully saturated rings. The molecule has 0 aromatic heterocycles. The summed E-state index contributed by atoms with van der Waals surface area (Å²) in [6.45, 7) is 13.8. The Labute approximate surface area is 147 Å². The Balaban J connectivity index is 4.41. The van der Waals surface area contributed by atoms with Gasteiger partial charge in [0.1, 0.15) is 0 Å². The molecule has 0 amide bonds. The molecule has 0 saturated heterocycles. The Morgan fingerprint density at radius 1 is 1.08 bits per heavy atom. The minimum Gasteiger partial charge on any atom is -0.468 e. The van der Waals surface area contributed by atoms with Gasteiger partial charge in [-0.05, 0) is 44.3 Å². The second kappa shape index (κ2) is 9.99. The third-order valence-electron chi connectivity index (χ3n) is 4.68. The third kappa shape index (κ3) is 7.62. The average molecular weight is 359 g/mol. The lowest BCUT2D eigenvalue weighted by molar-refractivity contribution is -0.159. The zero-order chi connectivity index (χ0) is 19.0. The largest absolute Gasteiger partial charge is 0.468 e. The van der Waals surface area contributed by atoms with Crippen LogP contribution in [0.15, 0.2) is 11.6 Å². The Morgan fingerprint density at radius 2 is 1.58 bits per heavy atom. The van der Waals surface area contributed by atoms with Crippen molar-refractivity contribution in [3.05, 3.63) is 11.6 Å². The van der Waals surface area contributed by atoms with Gasteiger partial charge in [-0.1, -0.05) is 32.4 Å². The molecule has 24 heavy (non-hydrogen) atoms. The van der Waals surface area contributed by atoms with Crippen LogP contribution in [0.25, 0.3) is 0 Å². The van der Waals surface area contributed by atoms with Crippen molar-refractivity contribution in [1.82, 2.24) is 0 Å². The predicted octanol–water partition coefficient (Wildman–Crippen LogP) is 4.09. The summed E-state index contributed by atoms with van der Waals surface area (Å²) in [5.74, 6) is -1.95. The van der Waals surface area contributed by atoms with E-state index in [-0.39, 0.29) is 5.04 Å². The molecule has 0 saturated carbocycles. The molecule has 0 radical (unpaired) electrons. The number of ether oxygens (including phenoxy) is 2. The van der Waals surface area contributed by atoms with E-state index in [0.29, 0.717) is 19.4 Å². The first-order chi connectivity index (χ1) is 11.0. The van der Waals surface area contributed by atoms with Gasteiger partial charge in [-0.15, -0.1) is 0 Å². The van der Waals surface area contributed by atoms with Crippen LogP contribution in [0.4, 0.5) is 0 Å². The number of carbonyl (C=O) groups excluding carboxylic acids is 2. The summed E-state index contributed by atoms with van der Waals surface area (Å²) in [7, 11) is 0.849. The van der Waals surface area contributed by atoms with Crippen LogP contribution in [0, 0.1) is 5.92 Å². The van der Waals surface area contributed by atoms with Crippen molar-refractivity contribution < 1.29 is 23.5 Å². The van der Waals surface area contributed by atoms with Crippen molar-refractivity contribution in [3.8, 4) is 0 Å². The highest BCUT2D eigenvalue weighted by atomic mass is 28.4. The maximum Gasteiger partial charge on any atom is 0.320 e. The first-order valence-corrected chi connectivity index (χ1v) is 11.3. The molecule has 0 aliphatic carbocycles. The first kappa shape index (κ1) is 22.9. The van der Waals surface area contributed by atoms with Crippen molar-refractivity contribution in [2.75, 3.05) is 20.8 Å². The molecule has 6 heteroatoms. The number of allylic oxidation sites excluding steroid dienone is 1. The highest BCUT2D eigenvalue weighted by Crippen LogP contribution is 2.36. The predicted molar refractivity (Wildman–Crippen MR) is 98.3 cm³/mol. The summed E-state index contributed by atoms with van der Waals surface area (Å²) in [6, 6.07) is 0. The van der Waals surface area contributed by atoms with E-state index >= 15 is 0 Å². The first-order valence-electron chi connectivity index (χ1n) is 8.41. The molecule has 0 atom stereocenters. The van der Waals surface area contributed by atoms with E-state index in [4.69, 9.17) is 4.43 Å². The van der Waals surface area contributed by atoms with Gasteiger partial charge >= 0.3 is 11.9 Å². The fourth-order valence-electron chi connectivity index (χ4n) is 1.93. The van der Waals surface area contributed by atoms with E-state index in [9.17, 15) is 9.59 Å². The number of hydrogen-bond donors (Lipinski definition) is 0. The fraction of sp³-hybridized carbons (Fsp3) is 0.778. The van der Waals surface area contributed by atoms with E-state index in [1.807, 2.05) is 6.92 Å². The number of rotatable bonds is 9. The van der Waals surface area contributed by atoms with Gasteiger partial charge in [-0.3, -0.25) is 9.59 Å². The molecule has 0 aliphatic rings. The number of methoxy groups -OCH3 is 2. The molecular formula is C18H34O5Si. The molecule has 0 aliphatic heterocycles. The van der Waals surface area contributed by atoms with Crippen LogP contribution in [0.5, 0.6) is 0 Å². The topological polar surface area (TPSA) is 61.8 Å². The van der Waals surface area contributed by atoms with E-state index in [0.717, 1.165) is 12.0 Å². The van der Waals surface area contributed by atoms with Gasteiger partial charge in [0.2, 0.25) is 0 Å². The van der Waals surface area contributed by atoms with Crippen LogP contribution < -0.4 is 0 Å². The summed E-state index contributed by atoms with van der Waals surface area (Å²) in [6.07, 6.45) is 3.98. The average Bonchev–Trinajstić information content (AvgIpc) is 2.49. The van der Waals surface area contributed by atoms with Gasteiger partial charge in [-0.2, -0.15) is 0 Å². The number of carbonyl (C=O) groups is 2. The Bertz CT molecular complexity index is 433. The molecule has 0 unspecified atom stereocenters. The summed E-state index contributed by atoms with van der Waals surface area (Å²) in [5, 5.41) is 0.208. The monoisotopic (exact) mass is 358 g/mol. The molecule has 0 N–H and O–H groups in total. The molecule has 0 rings (SSSR count). The van der Waals surface area contributed by atoms with Gasteiger partial charge in [0.25, 0.3) is 0 Å². The molecule has 0 heterocycles. The number of hydrogen-bond acceptors (Lipinski definition) is 5. The molecule has 0 spiro atoms. The van der Waals surface area contributed by atoms with Crippen molar-refractivity contribution in [2.45, 2.75) is 65.1 Å². The van der Waals surface area contributed by atoms with E-state index in [1.165, 1.54) is 14.2 Å². The van der Waals surface area contributed by atoms with Gasteiger partial charge in [0, 0.05) is 6.61 Å². The van der Waals surface area contributed by atoms with Crippen molar-refractivity contribution >= 4 is 20.3 Å².